The van der Waals surface area contributed by atoms with Crippen molar-refractivity contribution in [3.05, 3.63) is 0 Å². The molecule has 1 rings (SSSR count). The number of likely N-dealkylation sites (N-methyl/N-ethyl adjacent to an activating group) is 1. The molecule has 1 N–H and O–H groups in total. The van der Waals surface area contributed by atoms with Gasteiger partial charge in [0, 0.05) is 32.8 Å². The van der Waals surface area contributed by atoms with E-state index in [-0.39, 0.29) is 0 Å². The lowest BCUT2D eigenvalue weighted by Gasteiger charge is -2.35. The number of hydrogen-bond acceptors (Lipinski definition) is 6. The predicted octanol–water partition coefficient (Wildman–Crippen LogP) is -0.0237. The van der Waals surface area contributed by atoms with E-state index in [0.29, 0.717) is 32.5 Å². The lowest BCUT2D eigenvalue weighted by molar-refractivity contribution is -0.0260. The molecule has 0 aromatic heterocycles. The van der Waals surface area contributed by atoms with Gasteiger partial charge in [0.1, 0.15) is 0 Å². The molecule has 0 amide bonds. The summed E-state index contributed by atoms with van der Waals surface area (Å²) in [6, 6.07) is 0.463. The van der Waals surface area contributed by atoms with Crippen LogP contribution in [0.3, 0.4) is 0 Å². The third-order valence-electron chi connectivity index (χ3n) is 3.31. The SMILES string of the molecule is CCNCC1COCCN1CCOCCOCCOC. The molecule has 0 radical (unpaired) electrons. The molecule has 0 spiro atoms. The summed E-state index contributed by atoms with van der Waals surface area (Å²) in [4.78, 5) is 2.44. The molecule has 0 aliphatic carbocycles. The summed E-state index contributed by atoms with van der Waals surface area (Å²) in [5.41, 5.74) is 0. The van der Waals surface area contributed by atoms with Gasteiger partial charge in [-0.25, -0.2) is 0 Å². The van der Waals surface area contributed by atoms with Crippen molar-refractivity contribution in [2.75, 3.05) is 79.5 Å². The highest BCUT2D eigenvalue weighted by Crippen LogP contribution is 2.05. The number of nitrogens with one attached hydrogen (secondary N) is 1. The van der Waals surface area contributed by atoms with Gasteiger partial charge in [0.05, 0.1) is 46.2 Å². The number of morpholine rings is 1. The number of methoxy groups -OCH3 is 1. The van der Waals surface area contributed by atoms with Gasteiger partial charge >= 0.3 is 0 Å². The molecule has 0 bridgehead atoms. The Labute approximate surface area is 122 Å². The maximum Gasteiger partial charge on any atom is 0.0701 e. The van der Waals surface area contributed by atoms with Crippen LogP contribution in [0.1, 0.15) is 6.92 Å². The van der Waals surface area contributed by atoms with Gasteiger partial charge in [0.2, 0.25) is 0 Å². The minimum absolute atomic E-state index is 0.463. The molecule has 1 heterocycles. The van der Waals surface area contributed by atoms with Crippen LogP contribution in [0.4, 0.5) is 0 Å². The molecule has 0 saturated carbocycles. The zero-order valence-corrected chi connectivity index (χ0v) is 12.9. The van der Waals surface area contributed by atoms with E-state index in [0.717, 1.165) is 46.0 Å². The van der Waals surface area contributed by atoms with Crippen molar-refractivity contribution < 1.29 is 18.9 Å². The molecule has 1 aliphatic heterocycles. The first kappa shape index (κ1) is 17.8. The van der Waals surface area contributed by atoms with Crippen LogP contribution in [-0.2, 0) is 18.9 Å². The molecule has 1 aliphatic rings. The number of nitrogens with zero attached hydrogens (tertiary/aromatic N) is 1. The molecule has 0 aromatic carbocycles. The summed E-state index contributed by atoms with van der Waals surface area (Å²) in [5, 5.41) is 3.38. The van der Waals surface area contributed by atoms with E-state index in [9.17, 15) is 0 Å². The Balaban J connectivity index is 2.00. The van der Waals surface area contributed by atoms with Gasteiger partial charge < -0.3 is 24.3 Å². The first-order valence-corrected chi connectivity index (χ1v) is 7.55. The van der Waals surface area contributed by atoms with Crippen LogP contribution in [-0.4, -0.2) is 90.5 Å². The first-order valence-electron chi connectivity index (χ1n) is 7.55. The fourth-order valence-electron chi connectivity index (χ4n) is 2.13. The second-order valence-corrected chi connectivity index (χ2v) is 4.79. The van der Waals surface area contributed by atoms with Crippen molar-refractivity contribution in [3.63, 3.8) is 0 Å². The summed E-state index contributed by atoms with van der Waals surface area (Å²) in [5.74, 6) is 0. The normalized spacial score (nSPS) is 20.4. The van der Waals surface area contributed by atoms with Crippen molar-refractivity contribution in [3.8, 4) is 0 Å². The van der Waals surface area contributed by atoms with Gasteiger partial charge in [0.25, 0.3) is 0 Å². The molecule has 1 atom stereocenters. The van der Waals surface area contributed by atoms with Crippen LogP contribution in [0.15, 0.2) is 0 Å². The van der Waals surface area contributed by atoms with Gasteiger partial charge in [-0.15, -0.1) is 0 Å². The van der Waals surface area contributed by atoms with Crippen LogP contribution in [0, 0.1) is 0 Å². The molecular formula is C14H30N2O4. The highest BCUT2D eigenvalue weighted by molar-refractivity contribution is 4.77. The highest BCUT2D eigenvalue weighted by Gasteiger charge is 2.21. The van der Waals surface area contributed by atoms with E-state index in [4.69, 9.17) is 18.9 Å². The summed E-state index contributed by atoms with van der Waals surface area (Å²) < 4.78 is 21.4. The van der Waals surface area contributed by atoms with Crippen LogP contribution >= 0.6 is 0 Å². The van der Waals surface area contributed by atoms with E-state index >= 15 is 0 Å². The number of ether oxygens (including phenoxy) is 4. The predicted molar refractivity (Wildman–Crippen MR) is 78.2 cm³/mol. The highest BCUT2D eigenvalue weighted by atomic mass is 16.5. The molecule has 1 unspecified atom stereocenters. The maximum absolute atomic E-state index is 5.60. The Morgan fingerprint density at radius 1 is 1.15 bits per heavy atom. The fraction of sp³-hybridized carbons (Fsp3) is 1.00. The summed E-state index contributed by atoms with van der Waals surface area (Å²) in [7, 11) is 1.67. The standard InChI is InChI=1S/C14H30N2O4/c1-3-15-12-14-13-20-7-5-16(14)4-6-18-10-11-19-9-8-17-2/h14-15H,3-13H2,1-2H3. The monoisotopic (exact) mass is 290 g/mol. The van der Waals surface area contributed by atoms with E-state index in [1.807, 2.05) is 0 Å². The molecule has 20 heavy (non-hydrogen) atoms. The van der Waals surface area contributed by atoms with Gasteiger partial charge in [0.15, 0.2) is 0 Å². The first-order chi connectivity index (χ1) is 9.88. The second-order valence-electron chi connectivity index (χ2n) is 4.79. The quantitative estimate of drug-likeness (QED) is 0.510. The molecule has 120 valence electrons. The van der Waals surface area contributed by atoms with Crippen molar-refractivity contribution in [1.82, 2.24) is 10.2 Å². The largest absolute Gasteiger partial charge is 0.382 e. The third kappa shape index (κ3) is 8.14. The van der Waals surface area contributed by atoms with Gasteiger partial charge in [-0.2, -0.15) is 0 Å². The Morgan fingerprint density at radius 2 is 1.90 bits per heavy atom. The Morgan fingerprint density at radius 3 is 2.65 bits per heavy atom. The zero-order chi connectivity index (χ0) is 14.5. The summed E-state index contributed by atoms with van der Waals surface area (Å²) >= 11 is 0. The number of hydrogen-bond donors (Lipinski definition) is 1. The molecule has 6 nitrogen and oxygen atoms in total. The minimum atomic E-state index is 0.463. The molecule has 0 aromatic rings. The average molecular weight is 290 g/mol. The second kappa shape index (κ2) is 12.5. The van der Waals surface area contributed by atoms with Crippen LogP contribution in [0.5, 0.6) is 0 Å². The average Bonchev–Trinajstić information content (AvgIpc) is 2.49. The minimum Gasteiger partial charge on any atom is -0.382 e. The topological polar surface area (TPSA) is 52.2 Å². The van der Waals surface area contributed by atoms with Crippen LogP contribution in [0.25, 0.3) is 0 Å². The Bertz CT molecular complexity index is 219. The number of rotatable bonds is 12. The zero-order valence-electron chi connectivity index (χ0n) is 12.9. The van der Waals surface area contributed by atoms with Crippen molar-refractivity contribution in [2.24, 2.45) is 0 Å². The van der Waals surface area contributed by atoms with Crippen LogP contribution in [0.2, 0.25) is 0 Å². The molecular weight excluding hydrogens is 260 g/mol. The lowest BCUT2D eigenvalue weighted by Crippen LogP contribution is -2.51. The van der Waals surface area contributed by atoms with Crippen molar-refractivity contribution in [1.29, 1.82) is 0 Å². The van der Waals surface area contributed by atoms with Gasteiger partial charge in [-0.3, -0.25) is 4.90 Å². The molecule has 1 saturated heterocycles. The Kier molecular flexibility index (Phi) is 11.1. The van der Waals surface area contributed by atoms with Gasteiger partial charge in [-0.05, 0) is 6.54 Å². The molecule has 1 fully saturated rings. The molecule has 6 heteroatoms. The van der Waals surface area contributed by atoms with Gasteiger partial charge in [-0.1, -0.05) is 6.92 Å². The fourth-order valence-corrected chi connectivity index (χ4v) is 2.13. The van der Waals surface area contributed by atoms with Crippen molar-refractivity contribution >= 4 is 0 Å². The summed E-state index contributed by atoms with van der Waals surface area (Å²) in [6.45, 7) is 11.0. The van der Waals surface area contributed by atoms with E-state index in [1.165, 1.54) is 0 Å². The Hall–Kier alpha value is -0.240. The van der Waals surface area contributed by atoms with Crippen LogP contribution < -0.4 is 5.32 Å². The van der Waals surface area contributed by atoms with E-state index in [2.05, 4.69) is 17.1 Å². The van der Waals surface area contributed by atoms with E-state index < -0.39 is 0 Å². The summed E-state index contributed by atoms with van der Waals surface area (Å²) in [6.07, 6.45) is 0. The lowest BCUT2D eigenvalue weighted by atomic mass is 10.2. The third-order valence-corrected chi connectivity index (χ3v) is 3.31. The smallest absolute Gasteiger partial charge is 0.0701 e. The maximum atomic E-state index is 5.60. The van der Waals surface area contributed by atoms with E-state index in [1.54, 1.807) is 7.11 Å². The van der Waals surface area contributed by atoms with Crippen molar-refractivity contribution in [2.45, 2.75) is 13.0 Å².